The predicted octanol–water partition coefficient (Wildman–Crippen LogP) is 3.75. The second kappa shape index (κ2) is 8.73. The third kappa shape index (κ3) is 5.06. The number of alkyl halides is 2. The van der Waals surface area contributed by atoms with Crippen molar-refractivity contribution in [2.45, 2.75) is 51.4 Å². The third-order valence-electron chi connectivity index (χ3n) is 7.53. The van der Waals surface area contributed by atoms with Crippen molar-refractivity contribution in [3.8, 4) is 0 Å². The lowest BCUT2D eigenvalue weighted by atomic mass is 9.92. The van der Waals surface area contributed by atoms with Gasteiger partial charge in [-0.1, -0.05) is 0 Å². The number of rotatable bonds is 5. The summed E-state index contributed by atoms with van der Waals surface area (Å²) in [6.45, 7) is 3.77. The van der Waals surface area contributed by atoms with E-state index in [4.69, 9.17) is 5.73 Å². The van der Waals surface area contributed by atoms with Crippen molar-refractivity contribution in [3.63, 3.8) is 0 Å². The maximum absolute atomic E-state index is 13.6. The zero-order chi connectivity index (χ0) is 24.8. The fourth-order valence-electron chi connectivity index (χ4n) is 5.04. The average molecular weight is 485 g/mol. The lowest BCUT2D eigenvalue weighted by molar-refractivity contribution is -0.0221. The molecule has 0 radical (unpaired) electrons. The van der Waals surface area contributed by atoms with E-state index in [9.17, 15) is 18.4 Å². The average Bonchev–Trinajstić information content (AvgIpc) is 3.57. The van der Waals surface area contributed by atoms with Crippen LogP contribution in [0.15, 0.2) is 24.3 Å². The van der Waals surface area contributed by atoms with Gasteiger partial charge in [0.1, 0.15) is 5.82 Å². The highest BCUT2D eigenvalue weighted by Gasteiger charge is 2.44. The number of anilines is 3. The van der Waals surface area contributed by atoms with Gasteiger partial charge < -0.3 is 15.5 Å². The highest BCUT2D eigenvalue weighted by Crippen LogP contribution is 2.54. The predicted molar refractivity (Wildman–Crippen MR) is 129 cm³/mol. The van der Waals surface area contributed by atoms with Gasteiger partial charge in [-0.15, -0.1) is 0 Å². The van der Waals surface area contributed by atoms with Gasteiger partial charge in [-0.2, -0.15) is 4.98 Å². The number of carbonyl (C=O) groups excluding carboxylic acids is 2. The van der Waals surface area contributed by atoms with E-state index in [2.05, 4.69) is 20.2 Å². The Hall–Kier alpha value is -3.30. The van der Waals surface area contributed by atoms with Crippen LogP contribution >= 0.6 is 0 Å². The van der Waals surface area contributed by atoms with Crippen molar-refractivity contribution in [2.24, 2.45) is 11.1 Å². The lowest BCUT2D eigenvalue weighted by Gasteiger charge is -2.35. The number of aryl methyl sites for hydroxylation is 1. The van der Waals surface area contributed by atoms with E-state index in [1.54, 1.807) is 36.1 Å². The van der Waals surface area contributed by atoms with Crippen LogP contribution in [0.25, 0.3) is 0 Å². The molecule has 1 aliphatic carbocycles. The summed E-state index contributed by atoms with van der Waals surface area (Å²) < 4.78 is 27.2. The molecule has 1 spiro atoms. The van der Waals surface area contributed by atoms with E-state index in [1.807, 2.05) is 0 Å². The number of halogens is 2. The van der Waals surface area contributed by atoms with Crippen molar-refractivity contribution in [1.82, 2.24) is 9.97 Å². The number of nitrogens with one attached hydrogen (secondary N) is 1. The number of carbonyl (C=O) groups is 2. The molecule has 5 rings (SSSR count). The molecule has 3 fully saturated rings. The summed E-state index contributed by atoms with van der Waals surface area (Å²) in [5, 5.41) is 2.77. The van der Waals surface area contributed by atoms with E-state index in [0.29, 0.717) is 33.7 Å². The van der Waals surface area contributed by atoms with Crippen molar-refractivity contribution >= 4 is 29.3 Å². The number of nitrogens with two attached hydrogens (primary N) is 1. The molecular formula is C25H30F2N6O2. The number of amides is 2. The van der Waals surface area contributed by atoms with Gasteiger partial charge in [0.05, 0.1) is 11.3 Å². The highest BCUT2D eigenvalue weighted by atomic mass is 19.3. The van der Waals surface area contributed by atoms with Crippen molar-refractivity contribution in [2.75, 3.05) is 41.3 Å². The highest BCUT2D eigenvalue weighted by molar-refractivity contribution is 6.08. The molecule has 8 nitrogen and oxygen atoms in total. The molecule has 2 saturated heterocycles. The van der Waals surface area contributed by atoms with Gasteiger partial charge in [0.2, 0.25) is 11.9 Å². The van der Waals surface area contributed by atoms with Crippen LogP contribution < -0.4 is 20.9 Å². The standard InChI is InChI=1S/C25H30F2N6O2/c1-16-14-20(33-12-8-25(26,27)9-13-33)30-23(29-16)31-22(35)18-3-2-17(21(28)34)15-19(18)32-10-6-24(4-5-24)7-11-32/h2-3,14-15H,4-13H2,1H3,(H2,28,34)(H,29,30,31,35). The first kappa shape index (κ1) is 23.4. The van der Waals surface area contributed by atoms with Gasteiger partial charge in [-0.3, -0.25) is 14.9 Å². The van der Waals surface area contributed by atoms with Gasteiger partial charge >= 0.3 is 0 Å². The number of nitrogens with zero attached hydrogens (tertiary/aromatic N) is 4. The third-order valence-corrected chi connectivity index (χ3v) is 7.53. The maximum Gasteiger partial charge on any atom is 0.260 e. The Morgan fingerprint density at radius 2 is 1.60 bits per heavy atom. The molecule has 3 heterocycles. The van der Waals surface area contributed by atoms with Gasteiger partial charge in [0, 0.05) is 56.3 Å². The number of hydrogen-bond donors (Lipinski definition) is 2. The van der Waals surface area contributed by atoms with Crippen LogP contribution in [-0.2, 0) is 0 Å². The van der Waals surface area contributed by atoms with Crippen LogP contribution in [0.5, 0.6) is 0 Å². The van der Waals surface area contributed by atoms with Gasteiger partial charge in [0.25, 0.3) is 11.8 Å². The van der Waals surface area contributed by atoms with Gasteiger partial charge in [-0.25, -0.2) is 13.8 Å². The first-order chi connectivity index (χ1) is 16.6. The molecule has 186 valence electrons. The Bertz CT molecular complexity index is 1150. The Labute approximate surface area is 202 Å². The Morgan fingerprint density at radius 1 is 0.943 bits per heavy atom. The molecule has 3 aliphatic rings. The lowest BCUT2D eigenvalue weighted by Crippen LogP contribution is -2.40. The van der Waals surface area contributed by atoms with Crippen LogP contribution in [0.2, 0.25) is 0 Å². The fourth-order valence-corrected chi connectivity index (χ4v) is 5.04. The SMILES string of the molecule is Cc1cc(N2CCC(F)(F)CC2)nc(NC(=O)c2ccc(C(N)=O)cc2N2CCC3(CC2)CC3)n1. The molecule has 2 aromatic rings. The van der Waals surface area contributed by atoms with Crippen LogP contribution in [-0.4, -0.2) is 53.9 Å². The molecular weight excluding hydrogens is 454 g/mol. The van der Waals surface area contributed by atoms with E-state index in [-0.39, 0.29) is 31.9 Å². The number of primary amides is 1. The van der Waals surface area contributed by atoms with Crippen LogP contribution in [0.1, 0.15) is 64.9 Å². The summed E-state index contributed by atoms with van der Waals surface area (Å²) >= 11 is 0. The Morgan fingerprint density at radius 3 is 2.23 bits per heavy atom. The van der Waals surface area contributed by atoms with Crippen molar-refractivity contribution in [3.05, 3.63) is 41.1 Å². The molecule has 2 amide bonds. The summed E-state index contributed by atoms with van der Waals surface area (Å²) in [7, 11) is 0. The van der Waals surface area contributed by atoms with Crippen LogP contribution in [0.4, 0.5) is 26.2 Å². The smallest absolute Gasteiger partial charge is 0.260 e. The van der Waals surface area contributed by atoms with E-state index in [1.165, 1.54) is 12.8 Å². The summed E-state index contributed by atoms with van der Waals surface area (Å²) in [6, 6.07) is 6.56. The molecule has 0 bridgehead atoms. The fraction of sp³-hybridized carbons (Fsp3) is 0.520. The summed E-state index contributed by atoms with van der Waals surface area (Å²) in [5.74, 6) is -2.98. The largest absolute Gasteiger partial charge is 0.371 e. The van der Waals surface area contributed by atoms with Crippen molar-refractivity contribution < 1.29 is 18.4 Å². The molecule has 1 saturated carbocycles. The minimum absolute atomic E-state index is 0.114. The zero-order valence-electron chi connectivity index (χ0n) is 19.8. The number of aromatic nitrogens is 2. The first-order valence-electron chi connectivity index (χ1n) is 12.1. The summed E-state index contributed by atoms with van der Waals surface area (Å²) in [5.41, 5.74) is 8.01. The molecule has 0 atom stereocenters. The summed E-state index contributed by atoms with van der Waals surface area (Å²) in [6.07, 6.45) is 4.19. The van der Waals surface area contributed by atoms with Crippen LogP contribution in [0.3, 0.4) is 0 Å². The second-order valence-corrected chi connectivity index (χ2v) is 10.1. The van der Waals surface area contributed by atoms with E-state index in [0.717, 1.165) is 25.9 Å². The van der Waals surface area contributed by atoms with E-state index < -0.39 is 17.7 Å². The minimum Gasteiger partial charge on any atom is -0.371 e. The molecule has 35 heavy (non-hydrogen) atoms. The van der Waals surface area contributed by atoms with Gasteiger partial charge in [-0.05, 0) is 56.2 Å². The molecule has 2 aliphatic heterocycles. The molecule has 0 unspecified atom stereocenters. The molecule has 3 N–H and O–H groups in total. The second-order valence-electron chi connectivity index (χ2n) is 10.1. The normalized spacial score (nSPS) is 20.5. The van der Waals surface area contributed by atoms with Crippen molar-refractivity contribution in [1.29, 1.82) is 0 Å². The summed E-state index contributed by atoms with van der Waals surface area (Å²) in [4.78, 5) is 37.9. The minimum atomic E-state index is -2.66. The molecule has 1 aromatic heterocycles. The monoisotopic (exact) mass is 484 g/mol. The van der Waals surface area contributed by atoms with E-state index >= 15 is 0 Å². The number of benzene rings is 1. The Balaban J connectivity index is 1.37. The Kier molecular flexibility index (Phi) is 5.85. The number of piperidine rings is 2. The van der Waals surface area contributed by atoms with Gasteiger partial charge in [0.15, 0.2) is 0 Å². The zero-order valence-corrected chi connectivity index (χ0v) is 19.8. The molecule has 1 aromatic carbocycles. The maximum atomic E-state index is 13.6. The molecule has 10 heteroatoms. The quantitative estimate of drug-likeness (QED) is 0.670. The topological polar surface area (TPSA) is 104 Å². The first-order valence-corrected chi connectivity index (χ1v) is 12.1. The number of hydrogen-bond acceptors (Lipinski definition) is 6. The van der Waals surface area contributed by atoms with Crippen LogP contribution in [0, 0.1) is 12.3 Å².